The molecule has 0 aromatic heterocycles. The van der Waals surface area contributed by atoms with Crippen molar-refractivity contribution in [2.45, 2.75) is 24.6 Å². The fourth-order valence-corrected chi connectivity index (χ4v) is 2.76. The van der Waals surface area contributed by atoms with Crippen LogP contribution < -0.4 is 0 Å². The van der Waals surface area contributed by atoms with Crippen LogP contribution in [0.3, 0.4) is 0 Å². The molecule has 2 aromatic carbocycles. The van der Waals surface area contributed by atoms with Crippen LogP contribution in [0.15, 0.2) is 47.4 Å². The lowest BCUT2D eigenvalue weighted by Gasteiger charge is -2.11. The Morgan fingerprint density at radius 1 is 1.12 bits per heavy atom. The fourth-order valence-electron chi connectivity index (χ4n) is 2.12. The number of halogens is 3. The zero-order valence-electron chi connectivity index (χ0n) is 13.4. The molecule has 0 N–H and O–H groups in total. The van der Waals surface area contributed by atoms with E-state index in [-0.39, 0.29) is 22.6 Å². The van der Waals surface area contributed by atoms with E-state index in [1.54, 1.807) is 6.92 Å². The lowest BCUT2D eigenvalue weighted by Crippen LogP contribution is -2.10. The van der Waals surface area contributed by atoms with Gasteiger partial charge in [-0.05, 0) is 42.3 Å². The minimum absolute atomic E-state index is 0.0379. The molecule has 0 aliphatic rings. The monoisotopic (exact) mass is 372 g/mol. The van der Waals surface area contributed by atoms with Gasteiger partial charge in [-0.25, -0.2) is 13.2 Å². The van der Waals surface area contributed by atoms with Crippen LogP contribution in [0.1, 0.15) is 27.0 Å². The van der Waals surface area contributed by atoms with Crippen molar-refractivity contribution >= 4 is 15.8 Å². The van der Waals surface area contributed by atoms with Crippen molar-refractivity contribution in [1.29, 1.82) is 0 Å². The molecule has 0 spiro atoms. The summed E-state index contributed by atoms with van der Waals surface area (Å²) < 4.78 is 66.2. The molecule has 0 amide bonds. The summed E-state index contributed by atoms with van der Waals surface area (Å²) in [6.45, 7) is 1.25. The minimum Gasteiger partial charge on any atom is -0.457 e. The molecule has 0 aliphatic carbocycles. The number of alkyl halides is 3. The van der Waals surface area contributed by atoms with Crippen molar-refractivity contribution in [3.8, 4) is 0 Å². The van der Waals surface area contributed by atoms with Gasteiger partial charge in [-0.3, -0.25) is 0 Å². The van der Waals surface area contributed by atoms with E-state index >= 15 is 0 Å². The van der Waals surface area contributed by atoms with Crippen LogP contribution in [-0.2, 0) is 27.4 Å². The van der Waals surface area contributed by atoms with Crippen LogP contribution in [0.2, 0.25) is 0 Å². The van der Waals surface area contributed by atoms with Crippen molar-refractivity contribution in [2.24, 2.45) is 0 Å². The SMILES string of the molecule is Cc1ccc(S(C)(=O)=O)cc1C(=O)OCc1cccc(C(F)(F)F)c1. The standard InChI is InChI=1S/C17H15F3O4S/c1-11-6-7-14(25(2,22)23)9-15(11)16(21)24-10-12-4-3-5-13(8-12)17(18,19)20/h3-9H,10H2,1-2H3. The third-order valence-electron chi connectivity index (χ3n) is 3.48. The Balaban J connectivity index is 2.19. The van der Waals surface area contributed by atoms with Crippen LogP contribution in [0, 0.1) is 6.92 Å². The van der Waals surface area contributed by atoms with Crippen molar-refractivity contribution in [3.05, 3.63) is 64.7 Å². The molecule has 0 fully saturated rings. The molecule has 0 saturated carbocycles. The molecule has 134 valence electrons. The highest BCUT2D eigenvalue weighted by atomic mass is 32.2. The predicted molar refractivity (Wildman–Crippen MR) is 84.9 cm³/mol. The smallest absolute Gasteiger partial charge is 0.416 e. The molecule has 2 aromatic rings. The maximum atomic E-state index is 12.7. The minimum atomic E-state index is -4.49. The second-order valence-corrected chi connectivity index (χ2v) is 7.54. The molecule has 0 radical (unpaired) electrons. The van der Waals surface area contributed by atoms with E-state index in [2.05, 4.69) is 0 Å². The third kappa shape index (κ3) is 4.82. The summed E-state index contributed by atoms with van der Waals surface area (Å²) >= 11 is 0. The van der Waals surface area contributed by atoms with Gasteiger partial charge < -0.3 is 4.74 Å². The average molecular weight is 372 g/mol. The van der Waals surface area contributed by atoms with Gasteiger partial charge in [0.25, 0.3) is 0 Å². The summed E-state index contributed by atoms with van der Waals surface area (Å²) in [4.78, 5) is 12.1. The second kappa shape index (κ2) is 6.87. The van der Waals surface area contributed by atoms with Crippen LogP contribution in [0.25, 0.3) is 0 Å². The number of esters is 1. The zero-order chi connectivity index (χ0) is 18.8. The van der Waals surface area contributed by atoms with Crippen molar-refractivity contribution in [1.82, 2.24) is 0 Å². The van der Waals surface area contributed by atoms with Crippen LogP contribution in [0.5, 0.6) is 0 Å². The van der Waals surface area contributed by atoms with Gasteiger partial charge in [0.05, 0.1) is 16.0 Å². The lowest BCUT2D eigenvalue weighted by molar-refractivity contribution is -0.137. The topological polar surface area (TPSA) is 60.4 Å². The van der Waals surface area contributed by atoms with E-state index in [0.717, 1.165) is 18.4 Å². The van der Waals surface area contributed by atoms with E-state index in [9.17, 15) is 26.4 Å². The molecule has 8 heteroatoms. The number of sulfone groups is 1. The Morgan fingerprint density at radius 2 is 1.80 bits per heavy atom. The molecule has 4 nitrogen and oxygen atoms in total. The first-order valence-electron chi connectivity index (χ1n) is 7.12. The van der Waals surface area contributed by atoms with Crippen molar-refractivity contribution in [2.75, 3.05) is 6.26 Å². The second-order valence-electron chi connectivity index (χ2n) is 5.52. The molecule has 0 aliphatic heterocycles. The molecule has 0 saturated heterocycles. The lowest BCUT2D eigenvalue weighted by atomic mass is 10.1. The van der Waals surface area contributed by atoms with Gasteiger partial charge in [0, 0.05) is 6.26 Å². The third-order valence-corrected chi connectivity index (χ3v) is 4.59. The highest BCUT2D eigenvalue weighted by Gasteiger charge is 2.30. The summed E-state index contributed by atoms with van der Waals surface area (Å²) in [5, 5.41) is 0. The molecule has 0 atom stereocenters. The summed E-state index contributed by atoms with van der Waals surface area (Å²) in [5.74, 6) is -0.805. The quantitative estimate of drug-likeness (QED) is 0.767. The Kier molecular flexibility index (Phi) is 5.22. The van der Waals surface area contributed by atoms with Crippen LogP contribution in [0.4, 0.5) is 13.2 Å². The van der Waals surface area contributed by atoms with E-state index in [4.69, 9.17) is 4.74 Å². The van der Waals surface area contributed by atoms with Crippen molar-refractivity contribution in [3.63, 3.8) is 0 Å². The Hall–Kier alpha value is -2.35. The van der Waals surface area contributed by atoms with E-state index in [1.165, 1.54) is 30.3 Å². The first-order valence-corrected chi connectivity index (χ1v) is 9.01. The van der Waals surface area contributed by atoms with Gasteiger partial charge in [-0.1, -0.05) is 18.2 Å². The van der Waals surface area contributed by atoms with Gasteiger partial charge in [-0.2, -0.15) is 13.2 Å². The largest absolute Gasteiger partial charge is 0.457 e. The van der Waals surface area contributed by atoms with Crippen LogP contribution >= 0.6 is 0 Å². The molecular formula is C17H15F3O4S. The normalized spacial score (nSPS) is 12.0. The average Bonchev–Trinajstić information content (AvgIpc) is 2.51. The maximum Gasteiger partial charge on any atom is 0.416 e. The number of hydrogen-bond donors (Lipinski definition) is 0. The molecule has 2 rings (SSSR count). The van der Waals surface area contributed by atoms with Gasteiger partial charge >= 0.3 is 12.1 Å². The highest BCUT2D eigenvalue weighted by Crippen LogP contribution is 2.29. The summed E-state index contributed by atoms with van der Waals surface area (Å²) in [6.07, 6.45) is -3.48. The highest BCUT2D eigenvalue weighted by molar-refractivity contribution is 7.90. The van der Waals surface area contributed by atoms with Gasteiger partial charge in [0.2, 0.25) is 0 Å². The van der Waals surface area contributed by atoms with Gasteiger partial charge in [0.15, 0.2) is 9.84 Å². The summed E-state index contributed by atoms with van der Waals surface area (Å²) in [7, 11) is -3.50. The Morgan fingerprint density at radius 3 is 2.40 bits per heavy atom. The predicted octanol–water partition coefficient (Wildman–Crippen LogP) is 3.77. The van der Waals surface area contributed by atoms with Gasteiger partial charge in [-0.15, -0.1) is 0 Å². The fraction of sp³-hybridized carbons (Fsp3) is 0.235. The van der Waals surface area contributed by atoms with E-state index in [1.807, 2.05) is 0 Å². The number of aryl methyl sites for hydroxylation is 1. The number of hydrogen-bond acceptors (Lipinski definition) is 4. The molecule has 0 unspecified atom stereocenters. The Labute approximate surface area is 143 Å². The van der Waals surface area contributed by atoms with Crippen molar-refractivity contribution < 1.29 is 31.1 Å². The number of rotatable bonds is 4. The first-order chi connectivity index (χ1) is 11.5. The number of carbonyl (C=O) groups is 1. The molecular weight excluding hydrogens is 357 g/mol. The number of carbonyl (C=O) groups excluding carboxylic acids is 1. The van der Waals surface area contributed by atoms with Crippen LogP contribution in [-0.4, -0.2) is 20.6 Å². The number of ether oxygens (including phenoxy) is 1. The maximum absolute atomic E-state index is 12.7. The van der Waals surface area contributed by atoms with Gasteiger partial charge in [0.1, 0.15) is 6.61 Å². The summed E-state index contributed by atoms with van der Waals surface area (Å²) in [6, 6.07) is 8.48. The Bertz CT molecular complexity index is 902. The molecule has 0 heterocycles. The zero-order valence-corrected chi connectivity index (χ0v) is 14.2. The molecule has 25 heavy (non-hydrogen) atoms. The van der Waals surface area contributed by atoms with E-state index < -0.39 is 27.5 Å². The van der Waals surface area contributed by atoms with E-state index in [0.29, 0.717) is 5.56 Å². The molecule has 0 bridgehead atoms. The number of benzene rings is 2. The summed E-state index contributed by atoms with van der Waals surface area (Å²) in [5.41, 5.74) is -0.104. The first kappa shape index (κ1) is 19.0.